The Morgan fingerprint density at radius 3 is 0.412 bits per heavy atom. The van der Waals surface area contributed by atoms with Gasteiger partial charge in [0, 0.05) is 13.2 Å². The summed E-state index contributed by atoms with van der Waals surface area (Å²) in [4.78, 5) is 0. The highest BCUT2D eigenvalue weighted by Gasteiger charge is 1.99. The van der Waals surface area contributed by atoms with Crippen molar-refractivity contribution in [3.05, 3.63) is 0 Å². The Balaban J connectivity index is 0.000000292. The van der Waals surface area contributed by atoms with Crippen LogP contribution in [-0.4, -0.2) is 52.5 Å². The van der Waals surface area contributed by atoms with Crippen molar-refractivity contribution < 1.29 is 4.74 Å². The average Bonchev–Trinajstić information content (AvgIpc) is 3.61. The Labute approximate surface area is 322 Å². The molecule has 0 aromatic heterocycles. The molecule has 4 nitrogen and oxygen atoms in total. The lowest BCUT2D eigenvalue weighted by atomic mass is 10.0. The second-order valence-electron chi connectivity index (χ2n) is 16.7. The standard InChI is InChI=1S/C7H14.3C6H13N.2C6H12.C5H10O.C5H10/c4*1-2-4-6-7-5-3-1;3*1-2-4-6-5-3-1;1-2-4-5-3-1/h1-7H2;3*7H,1-6H2;2*1-6H2;1-5H2;1-5H2. The summed E-state index contributed by atoms with van der Waals surface area (Å²) in [7, 11) is 0. The van der Waals surface area contributed by atoms with E-state index in [1.807, 2.05) is 0 Å². The molecule has 306 valence electrons. The molecule has 0 radical (unpaired) electrons. The number of hydrogen-bond donors (Lipinski definition) is 3. The molecule has 0 bridgehead atoms. The van der Waals surface area contributed by atoms with Crippen LogP contribution >= 0.6 is 0 Å². The van der Waals surface area contributed by atoms with Gasteiger partial charge >= 0.3 is 0 Å². The average molecular weight is 720 g/mol. The first-order chi connectivity index (χ1) is 25.5. The molecule has 8 aliphatic rings. The third-order valence-corrected chi connectivity index (χ3v) is 11.4. The number of hydrogen-bond acceptors (Lipinski definition) is 4. The minimum atomic E-state index is 1.00. The van der Waals surface area contributed by atoms with Gasteiger partial charge in [-0.1, -0.05) is 193 Å². The first-order valence-electron chi connectivity index (χ1n) is 24.2. The van der Waals surface area contributed by atoms with Crippen molar-refractivity contribution in [2.45, 2.75) is 250 Å². The summed E-state index contributed by atoms with van der Waals surface area (Å²) in [6.45, 7) is 9.50. The zero-order valence-electron chi connectivity index (χ0n) is 35.1. The summed E-state index contributed by atoms with van der Waals surface area (Å²) in [5.41, 5.74) is 0. The Hall–Kier alpha value is -0.160. The molecule has 4 heterocycles. The van der Waals surface area contributed by atoms with Crippen LogP contribution in [0.5, 0.6) is 0 Å². The van der Waals surface area contributed by atoms with Crippen molar-refractivity contribution in [3.8, 4) is 0 Å². The molecule has 51 heavy (non-hydrogen) atoms. The van der Waals surface area contributed by atoms with E-state index in [4.69, 9.17) is 4.74 Å². The van der Waals surface area contributed by atoms with E-state index in [0.29, 0.717) is 0 Å². The van der Waals surface area contributed by atoms with E-state index in [-0.39, 0.29) is 0 Å². The maximum Gasteiger partial charge on any atom is 0.0466 e. The predicted molar refractivity (Wildman–Crippen MR) is 229 cm³/mol. The summed E-state index contributed by atoms with van der Waals surface area (Å²) < 4.78 is 5.07. The Morgan fingerprint density at radius 1 is 0.157 bits per heavy atom. The molecule has 0 atom stereocenters. The van der Waals surface area contributed by atoms with Gasteiger partial charge in [0.2, 0.25) is 0 Å². The van der Waals surface area contributed by atoms with Gasteiger partial charge in [-0.05, 0) is 97.1 Å². The molecule has 4 heteroatoms. The van der Waals surface area contributed by atoms with Gasteiger partial charge in [0.1, 0.15) is 0 Å². The van der Waals surface area contributed by atoms with E-state index in [1.54, 1.807) is 0 Å². The van der Waals surface area contributed by atoms with Gasteiger partial charge in [-0.2, -0.15) is 0 Å². The minimum absolute atomic E-state index is 1.00. The van der Waals surface area contributed by atoms with Crippen molar-refractivity contribution >= 4 is 0 Å². The van der Waals surface area contributed by atoms with Crippen molar-refractivity contribution in [3.63, 3.8) is 0 Å². The van der Waals surface area contributed by atoms with Crippen LogP contribution in [0.4, 0.5) is 0 Å². The van der Waals surface area contributed by atoms with Crippen LogP contribution in [0.25, 0.3) is 0 Å². The topological polar surface area (TPSA) is 45.3 Å². The highest BCUT2D eigenvalue weighted by atomic mass is 16.5. The van der Waals surface area contributed by atoms with Gasteiger partial charge in [-0.3, -0.25) is 0 Å². The molecule has 0 aromatic carbocycles. The highest BCUT2D eigenvalue weighted by molar-refractivity contribution is 4.57. The lowest BCUT2D eigenvalue weighted by Crippen LogP contribution is -2.12. The van der Waals surface area contributed by atoms with Gasteiger partial charge < -0.3 is 20.7 Å². The second kappa shape index (κ2) is 46.0. The molecular formula is C47H97N3O. The Kier molecular flexibility index (Phi) is 44.1. The van der Waals surface area contributed by atoms with E-state index in [1.165, 1.54) is 290 Å². The quantitative estimate of drug-likeness (QED) is 0.218. The number of nitrogens with one attached hydrogen (secondary N) is 3. The van der Waals surface area contributed by atoms with Gasteiger partial charge in [-0.25, -0.2) is 0 Å². The maximum atomic E-state index is 5.07. The van der Waals surface area contributed by atoms with Gasteiger partial charge in [0.05, 0.1) is 0 Å². The van der Waals surface area contributed by atoms with Crippen LogP contribution in [0.15, 0.2) is 0 Å². The molecular weight excluding hydrogens is 623 g/mol. The fraction of sp³-hybridized carbons (Fsp3) is 1.00. The zero-order chi connectivity index (χ0) is 36.1. The fourth-order valence-electron chi connectivity index (χ4n) is 7.87. The van der Waals surface area contributed by atoms with Crippen LogP contribution < -0.4 is 16.0 Å². The second-order valence-corrected chi connectivity index (χ2v) is 16.7. The first kappa shape index (κ1) is 48.9. The predicted octanol–water partition coefficient (Wildman–Crippen LogP) is 14.0. The molecule has 8 rings (SSSR count). The fourth-order valence-corrected chi connectivity index (χ4v) is 7.87. The summed E-state index contributed by atoms with van der Waals surface area (Å²) in [5.74, 6) is 0. The highest BCUT2D eigenvalue weighted by Crippen LogP contribution is 2.17. The van der Waals surface area contributed by atoms with E-state index in [9.17, 15) is 0 Å². The molecule has 0 spiro atoms. The SMILES string of the molecule is C1CCCC1.C1CCCCC1.C1CCCCC1.C1CCCCCC1.C1CCCNCC1.C1CCCNCC1.C1CCCNCC1.C1CCOCC1. The lowest BCUT2D eigenvalue weighted by Gasteiger charge is -2.08. The molecule has 3 N–H and O–H groups in total. The lowest BCUT2D eigenvalue weighted by molar-refractivity contribution is 0.0968. The molecule has 4 aliphatic carbocycles. The molecule has 0 unspecified atom stereocenters. The van der Waals surface area contributed by atoms with Crippen LogP contribution in [0.1, 0.15) is 250 Å². The largest absolute Gasteiger partial charge is 0.381 e. The van der Waals surface area contributed by atoms with Crippen LogP contribution in [-0.2, 0) is 4.74 Å². The summed E-state index contributed by atoms with van der Waals surface area (Å²) >= 11 is 0. The zero-order valence-corrected chi connectivity index (χ0v) is 35.1. The summed E-state index contributed by atoms with van der Waals surface area (Å²) in [6.07, 6.45) is 56.9. The van der Waals surface area contributed by atoms with E-state index >= 15 is 0 Å². The van der Waals surface area contributed by atoms with Gasteiger partial charge in [0.15, 0.2) is 0 Å². The normalized spacial score (nSPS) is 24.0. The minimum Gasteiger partial charge on any atom is -0.381 e. The molecule has 4 saturated carbocycles. The Morgan fingerprint density at radius 2 is 0.294 bits per heavy atom. The number of rotatable bonds is 0. The van der Waals surface area contributed by atoms with Crippen molar-refractivity contribution in [2.75, 3.05) is 52.5 Å². The van der Waals surface area contributed by atoms with Gasteiger partial charge in [-0.15, -0.1) is 0 Å². The maximum absolute atomic E-state index is 5.07. The van der Waals surface area contributed by atoms with Crippen molar-refractivity contribution in [1.29, 1.82) is 0 Å². The third kappa shape index (κ3) is 44.1. The monoisotopic (exact) mass is 720 g/mol. The van der Waals surface area contributed by atoms with Crippen molar-refractivity contribution in [1.82, 2.24) is 16.0 Å². The van der Waals surface area contributed by atoms with Crippen molar-refractivity contribution in [2.24, 2.45) is 0 Å². The molecule has 8 fully saturated rings. The van der Waals surface area contributed by atoms with E-state index in [2.05, 4.69) is 16.0 Å². The third-order valence-electron chi connectivity index (χ3n) is 11.4. The van der Waals surface area contributed by atoms with E-state index in [0.717, 1.165) is 13.2 Å². The molecule has 0 amide bonds. The summed E-state index contributed by atoms with van der Waals surface area (Å²) in [6, 6.07) is 0. The molecule has 0 aromatic rings. The van der Waals surface area contributed by atoms with Crippen LogP contribution in [0.3, 0.4) is 0 Å². The molecule has 4 aliphatic heterocycles. The van der Waals surface area contributed by atoms with Crippen LogP contribution in [0, 0.1) is 0 Å². The molecule has 4 saturated heterocycles. The first-order valence-corrected chi connectivity index (χ1v) is 24.2. The Bertz CT molecular complexity index is 381. The smallest absolute Gasteiger partial charge is 0.0466 e. The van der Waals surface area contributed by atoms with Crippen LogP contribution in [0.2, 0.25) is 0 Å². The summed E-state index contributed by atoms with van der Waals surface area (Å²) in [5, 5.41) is 10.0. The van der Waals surface area contributed by atoms with Gasteiger partial charge in [0.25, 0.3) is 0 Å². The van der Waals surface area contributed by atoms with E-state index < -0.39 is 0 Å². The number of ether oxygens (including phenoxy) is 1.